The van der Waals surface area contributed by atoms with E-state index < -0.39 is 22.5 Å². The van der Waals surface area contributed by atoms with E-state index in [1.807, 2.05) is 19.1 Å². The first kappa shape index (κ1) is 18.7. The summed E-state index contributed by atoms with van der Waals surface area (Å²) in [6.07, 6.45) is 0. The molecule has 0 spiro atoms. The Morgan fingerprint density at radius 1 is 0.852 bits per heavy atom. The molecule has 0 fully saturated rings. The van der Waals surface area contributed by atoms with Crippen molar-refractivity contribution in [2.45, 2.75) is 11.8 Å². The van der Waals surface area contributed by atoms with Gasteiger partial charge in [-0.3, -0.25) is 4.79 Å². The molecule has 0 atom stereocenters. The normalized spacial score (nSPS) is 11.0. The van der Waals surface area contributed by atoms with Gasteiger partial charge in [0.1, 0.15) is 5.75 Å². The predicted octanol–water partition coefficient (Wildman–Crippen LogP) is 3.80. The zero-order chi connectivity index (χ0) is 19.3. The minimum atomic E-state index is -4.06. The molecular formula is C21H19NO4S. The first-order valence-corrected chi connectivity index (χ1v) is 9.81. The van der Waals surface area contributed by atoms with E-state index in [-0.39, 0.29) is 10.6 Å². The Labute approximate surface area is 158 Å². The van der Waals surface area contributed by atoms with Crippen molar-refractivity contribution in [2.24, 2.45) is 0 Å². The lowest BCUT2D eigenvalue weighted by Gasteiger charge is -2.23. The van der Waals surface area contributed by atoms with E-state index in [1.54, 1.807) is 60.7 Å². The number of amides is 1. The Bertz CT molecular complexity index is 1020. The average Bonchev–Trinajstić information content (AvgIpc) is 2.69. The smallest absolute Gasteiger partial charge is 0.278 e. The molecule has 3 aromatic carbocycles. The fraction of sp³-hybridized carbons (Fsp3) is 0.0952. The molecule has 0 aliphatic carbocycles. The summed E-state index contributed by atoms with van der Waals surface area (Å²) in [4.78, 5) is 12.9. The number of hydrogen-bond donors (Lipinski definition) is 0. The number of carbonyl (C=O) groups is 1. The lowest BCUT2D eigenvalue weighted by molar-refractivity contribution is -0.119. The SMILES string of the molecule is Cc1ccccc1OCC(=O)N(c1ccccc1)S(=O)(=O)c1ccccc1. The van der Waals surface area contributed by atoms with Gasteiger partial charge in [0.25, 0.3) is 15.9 Å². The van der Waals surface area contributed by atoms with Crippen molar-refractivity contribution in [3.63, 3.8) is 0 Å². The molecule has 0 aliphatic heterocycles. The predicted molar refractivity (Wildman–Crippen MR) is 104 cm³/mol. The summed E-state index contributed by atoms with van der Waals surface area (Å²) < 4.78 is 32.6. The molecule has 27 heavy (non-hydrogen) atoms. The van der Waals surface area contributed by atoms with Crippen LogP contribution in [0.4, 0.5) is 5.69 Å². The highest BCUT2D eigenvalue weighted by Gasteiger charge is 2.31. The van der Waals surface area contributed by atoms with Crippen molar-refractivity contribution in [1.82, 2.24) is 0 Å². The molecule has 0 saturated carbocycles. The Morgan fingerprint density at radius 2 is 1.41 bits per heavy atom. The van der Waals surface area contributed by atoms with Crippen molar-refractivity contribution in [3.05, 3.63) is 90.5 Å². The second-order valence-corrected chi connectivity index (χ2v) is 7.65. The van der Waals surface area contributed by atoms with Gasteiger partial charge in [-0.25, -0.2) is 8.42 Å². The number of benzene rings is 3. The van der Waals surface area contributed by atoms with Gasteiger partial charge in [-0.2, -0.15) is 4.31 Å². The maximum absolute atomic E-state index is 13.1. The van der Waals surface area contributed by atoms with Crippen molar-refractivity contribution < 1.29 is 17.9 Å². The number of carbonyl (C=O) groups excluding carboxylic acids is 1. The van der Waals surface area contributed by atoms with Gasteiger partial charge < -0.3 is 4.74 Å². The fourth-order valence-corrected chi connectivity index (χ4v) is 4.03. The molecule has 138 valence electrons. The average molecular weight is 381 g/mol. The van der Waals surface area contributed by atoms with Gasteiger partial charge in [0.05, 0.1) is 10.6 Å². The Hall–Kier alpha value is -3.12. The first-order chi connectivity index (χ1) is 13.0. The van der Waals surface area contributed by atoms with Crippen LogP contribution >= 0.6 is 0 Å². The van der Waals surface area contributed by atoms with Crippen molar-refractivity contribution >= 4 is 21.6 Å². The highest BCUT2D eigenvalue weighted by Crippen LogP contribution is 2.24. The molecule has 0 aromatic heterocycles. The molecule has 6 heteroatoms. The number of rotatable bonds is 6. The Morgan fingerprint density at radius 3 is 2.04 bits per heavy atom. The summed E-state index contributed by atoms with van der Waals surface area (Å²) in [5, 5.41) is 0. The molecule has 0 heterocycles. The van der Waals surface area contributed by atoms with E-state index in [0.717, 1.165) is 9.87 Å². The van der Waals surface area contributed by atoms with Crippen LogP contribution in [-0.2, 0) is 14.8 Å². The number of ether oxygens (including phenoxy) is 1. The van der Waals surface area contributed by atoms with Crippen molar-refractivity contribution in [2.75, 3.05) is 10.9 Å². The summed E-state index contributed by atoms with van der Waals surface area (Å²) in [6, 6.07) is 23.4. The van der Waals surface area contributed by atoms with Crippen LogP contribution < -0.4 is 9.04 Å². The summed E-state index contributed by atoms with van der Waals surface area (Å²) in [6.45, 7) is 1.46. The van der Waals surface area contributed by atoms with Crippen LogP contribution in [0.5, 0.6) is 5.75 Å². The Kier molecular flexibility index (Phi) is 5.57. The van der Waals surface area contributed by atoms with E-state index >= 15 is 0 Å². The molecule has 5 nitrogen and oxygen atoms in total. The number of para-hydroxylation sites is 2. The maximum atomic E-state index is 13.1. The first-order valence-electron chi connectivity index (χ1n) is 8.37. The van der Waals surface area contributed by atoms with Gasteiger partial charge in [0.15, 0.2) is 6.61 Å². The van der Waals surface area contributed by atoms with Crippen LogP contribution in [-0.4, -0.2) is 20.9 Å². The monoisotopic (exact) mass is 381 g/mol. The molecule has 0 aliphatic rings. The topological polar surface area (TPSA) is 63.7 Å². The number of hydrogen-bond acceptors (Lipinski definition) is 4. The van der Waals surface area contributed by atoms with Crippen LogP contribution in [0, 0.1) is 6.92 Å². The highest BCUT2D eigenvalue weighted by molar-refractivity contribution is 7.93. The minimum Gasteiger partial charge on any atom is -0.483 e. The van der Waals surface area contributed by atoms with Crippen molar-refractivity contribution in [3.8, 4) is 5.75 Å². The zero-order valence-corrected chi connectivity index (χ0v) is 15.6. The van der Waals surface area contributed by atoms with Crippen LogP contribution in [0.1, 0.15) is 5.56 Å². The third-order valence-corrected chi connectivity index (χ3v) is 5.71. The standard InChI is InChI=1S/C21H19NO4S/c1-17-10-8-9-15-20(17)26-16-21(23)22(18-11-4-2-5-12-18)27(24,25)19-13-6-3-7-14-19/h2-15H,16H2,1H3. The maximum Gasteiger partial charge on any atom is 0.278 e. The lowest BCUT2D eigenvalue weighted by atomic mass is 10.2. The summed E-state index contributed by atoms with van der Waals surface area (Å²) in [5.74, 6) is -0.135. The molecular weight excluding hydrogens is 362 g/mol. The fourth-order valence-electron chi connectivity index (χ4n) is 2.59. The van der Waals surface area contributed by atoms with Gasteiger partial charge in [-0.05, 0) is 42.8 Å². The van der Waals surface area contributed by atoms with Crippen LogP contribution in [0.25, 0.3) is 0 Å². The van der Waals surface area contributed by atoms with Gasteiger partial charge in [-0.1, -0.05) is 54.6 Å². The highest BCUT2D eigenvalue weighted by atomic mass is 32.2. The molecule has 0 saturated heterocycles. The molecule has 0 N–H and O–H groups in total. The summed E-state index contributed by atoms with van der Waals surface area (Å²) in [7, 11) is -4.06. The minimum absolute atomic E-state index is 0.0399. The number of anilines is 1. The summed E-state index contributed by atoms with van der Waals surface area (Å²) >= 11 is 0. The second kappa shape index (κ2) is 8.05. The quantitative estimate of drug-likeness (QED) is 0.652. The van der Waals surface area contributed by atoms with Gasteiger partial charge in [0, 0.05) is 0 Å². The largest absolute Gasteiger partial charge is 0.483 e. The molecule has 3 aromatic rings. The van der Waals surface area contributed by atoms with Crippen LogP contribution in [0.2, 0.25) is 0 Å². The van der Waals surface area contributed by atoms with E-state index in [2.05, 4.69) is 0 Å². The molecule has 0 unspecified atom stereocenters. The number of aryl methyl sites for hydroxylation is 1. The number of sulfonamides is 1. The lowest BCUT2D eigenvalue weighted by Crippen LogP contribution is -2.40. The molecule has 1 amide bonds. The van der Waals surface area contributed by atoms with E-state index in [9.17, 15) is 13.2 Å². The zero-order valence-electron chi connectivity index (χ0n) is 14.8. The molecule has 0 bridgehead atoms. The second-order valence-electron chi connectivity index (χ2n) is 5.87. The third kappa shape index (κ3) is 4.17. The Balaban J connectivity index is 1.93. The number of nitrogens with zero attached hydrogens (tertiary/aromatic N) is 1. The summed E-state index contributed by atoms with van der Waals surface area (Å²) in [5.41, 5.74) is 1.13. The van der Waals surface area contributed by atoms with Gasteiger partial charge in [-0.15, -0.1) is 0 Å². The third-order valence-electron chi connectivity index (χ3n) is 3.94. The van der Waals surface area contributed by atoms with E-state index in [1.165, 1.54) is 12.1 Å². The molecule has 3 rings (SSSR count). The van der Waals surface area contributed by atoms with Crippen molar-refractivity contribution in [1.29, 1.82) is 0 Å². The van der Waals surface area contributed by atoms with E-state index in [0.29, 0.717) is 5.75 Å². The van der Waals surface area contributed by atoms with Crippen LogP contribution in [0.15, 0.2) is 89.8 Å². The van der Waals surface area contributed by atoms with Gasteiger partial charge >= 0.3 is 0 Å². The molecule has 0 radical (unpaired) electrons. The van der Waals surface area contributed by atoms with E-state index in [4.69, 9.17) is 4.74 Å². The van der Waals surface area contributed by atoms with Gasteiger partial charge in [0.2, 0.25) is 0 Å². The van der Waals surface area contributed by atoms with Crippen LogP contribution in [0.3, 0.4) is 0 Å².